The number of rotatable bonds is 4. The summed E-state index contributed by atoms with van der Waals surface area (Å²) in [5.74, 6) is -0.874. The molecule has 2 N–H and O–H groups in total. The molecule has 0 saturated carbocycles. The Morgan fingerprint density at radius 3 is 2.54 bits per heavy atom. The fourth-order valence-electron chi connectivity index (χ4n) is 2.37. The number of alkyl halides is 3. The van der Waals surface area contributed by atoms with Crippen molar-refractivity contribution < 1.29 is 27.6 Å². The minimum absolute atomic E-state index is 0.0366. The van der Waals surface area contributed by atoms with E-state index in [0.717, 1.165) is 18.2 Å². The molecular weight excluding hydrogens is 331 g/mol. The number of benzene rings is 1. The van der Waals surface area contributed by atoms with E-state index in [1.54, 1.807) is 0 Å². The number of hydrogen-bond acceptors (Lipinski definition) is 5. The monoisotopic (exact) mass is 347 g/mol. The van der Waals surface area contributed by atoms with E-state index in [0.29, 0.717) is 25.9 Å². The molecule has 1 aromatic carbocycles. The van der Waals surface area contributed by atoms with Gasteiger partial charge in [-0.3, -0.25) is 14.9 Å². The molecular formula is C14H16F3N3O4. The van der Waals surface area contributed by atoms with E-state index in [1.807, 2.05) is 0 Å². The normalized spacial score (nSPS) is 16.1. The van der Waals surface area contributed by atoms with Crippen molar-refractivity contribution in [3.8, 4) is 5.75 Å². The first kappa shape index (κ1) is 18.0. The second-order valence-electron chi connectivity index (χ2n) is 5.47. The Bertz CT molecular complexity index is 628. The molecule has 0 atom stereocenters. The van der Waals surface area contributed by atoms with Gasteiger partial charge in [-0.25, -0.2) is 0 Å². The van der Waals surface area contributed by atoms with E-state index >= 15 is 0 Å². The van der Waals surface area contributed by atoms with E-state index in [1.165, 1.54) is 4.90 Å². The fourth-order valence-corrected chi connectivity index (χ4v) is 2.37. The first-order valence-electron chi connectivity index (χ1n) is 7.20. The predicted octanol–water partition coefficient (Wildman–Crippen LogP) is 2.10. The van der Waals surface area contributed by atoms with E-state index in [2.05, 4.69) is 4.74 Å². The van der Waals surface area contributed by atoms with Crippen molar-refractivity contribution in [2.24, 2.45) is 5.73 Å². The molecule has 10 heteroatoms. The van der Waals surface area contributed by atoms with Crippen LogP contribution in [0.4, 0.5) is 18.9 Å². The summed E-state index contributed by atoms with van der Waals surface area (Å²) in [4.78, 5) is 24.2. The van der Waals surface area contributed by atoms with Crippen LogP contribution in [0.25, 0.3) is 0 Å². The van der Waals surface area contributed by atoms with Gasteiger partial charge in [0.05, 0.1) is 4.92 Å². The molecule has 132 valence electrons. The molecule has 1 aliphatic heterocycles. The number of halogens is 3. The number of nitro groups is 1. The fraction of sp³-hybridized carbons (Fsp3) is 0.500. The van der Waals surface area contributed by atoms with Crippen LogP contribution in [0, 0.1) is 10.1 Å². The molecule has 1 aromatic rings. The Labute approximate surface area is 135 Å². The SMILES string of the molecule is NC1CCN(C(=O)c2cc(OCC(F)(F)F)ccc2[N+](=O)[O-])CC1. The van der Waals surface area contributed by atoms with Crippen molar-refractivity contribution in [1.82, 2.24) is 4.90 Å². The smallest absolute Gasteiger partial charge is 0.422 e. The Morgan fingerprint density at radius 2 is 2.00 bits per heavy atom. The number of nitrogens with zero attached hydrogens (tertiary/aromatic N) is 2. The van der Waals surface area contributed by atoms with Gasteiger partial charge in [0.2, 0.25) is 0 Å². The van der Waals surface area contributed by atoms with Crippen LogP contribution in [-0.4, -0.2) is 47.6 Å². The van der Waals surface area contributed by atoms with Crippen molar-refractivity contribution in [3.05, 3.63) is 33.9 Å². The molecule has 1 heterocycles. The number of nitro benzene ring substituents is 1. The second-order valence-corrected chi connectivity index (χ2v) is 5.47. The highest BCUT2D eigenvalue weighted by Crippen LogP contribution is 2.27. The van der Waals surface area contributed by atoms with Crippen molar-refractivity contribution in [3.63, 3.8) is 0 Å². The van der Waals surface area contributed by atoms with E-state index in [9.17, 15) is 28.1 Å². The Kier molecular flexibility index (Phi) is 5.27. The lowest BCUT2D eigenvalue weighted by atomic mass is 10.0. The number of carbonyl (C=O) groups excluding carboxylic acids is 1. The third kappa shape index (κ3) is 4.57. The number of hydrogen-bond donors (Lipinski definition) is 1. The summed E-state index contributed by atoms with van der Waals surface area (Å²) in [5.41, 5.74) is 4.97. The Morgan fingerprint density at radius 1 is 1.38 bits per heavy atom. The van der Waals surface area contributed by atoms with E-state index < -0.39 is 29.3 Å². The molecule has 24 heavy (non-hydrogen) atoms. The summed E-state index contributed by atoms with van der Waals surface area (Å²) in [6, 6.07) is 2.94. The van der Waals surface area contributed by atoms with Crippen LogP contribution >= 0.6 is 0 Å². The third-order valence-corrected chi connectivity index (χ3v) is 3.62. The highest BCUT2D eigenvalue weighted by Gasteiger charge is 2.30. The van der Waals surface area contributed by atoms with Crippen molar-refractivity contribution in [2.45, 2.75) is 25.1 Å². The Hall–Kier alpha value is -2.36. The lowest BCUT2D eigenvalue weighted by Gasteiger charge is -2.30. The summed E-state index contributed by atoms with van der Waals surface area (Å²) in [5, 5.41) is 11.1. The molecule has 0 bridgehead atoms. The number of ether oxygens (including phenoxy) is 1. The van der Waals surface area contributed by atoms with E-state index in [-0.39, 0.29) is 17.4 Å². The Balaban J connectivity index is 2.24. The van der Waals surface area contributed by atoms with Crippen LogP contribution in [0.5, 0.6) is 5.75 Å². The molecule has 0 unspecified atom stereocenters. The molecule has 0 spiro atoms. The van der Waals surface area contributed by atoms with Gasteiger partial charge in [-0.2, -0.15) is 13.2 Å². The number of piperidine rings is 1. The maximum Gasteiger partial charge on any atom is 0.422 e. The zero-order valence-electron chi connectivity index (χ0n) is 12.6. The summed E-state index contributed by atoms with van der Waals surface area (Å²) in [6.45, 7) is -0.868. The number of nitrogens with two attached hydrogens (primary N) is 1. The van der Waals surface area contributed by atoms with Gasteiger partial charge in [0.15, 0.2) is 6.61 Å². The lowest BCUT2D eigenvalue weighted by Crippen LogP contribution is -2.43. The van der Waals surface area contributed by atoms with Crippen LogP contribution < -0.4 is 10.5 Å². The lowest BCUT2D eigenvalue weighted by molar-refractivity contribution is -0.385. The van der Waals surface area contributed by atoms with Crippen LogP contribution in [0.15, 0.2) is 18.2 Å². The van der Waals surface area contributed by atoms with Crippen LogP contribution in [-0.2, 0) is 0 Å². The number of carbonyl (C=O) groups is 1. The van der Waals surface area contributed by atoms with Gasteiger partial charge in [0.1, 0.15) is 11.3 Å². The molecule has 2 rings (SSSR count). The minimum Gasteiger partial charge on any atom is -0.484 e. The topological polar surface area (TPSA) is 98.7 Å². The van der Waals surface area contributed by atoms with Crippen molar-refractivity contribution in [2.75, 3.05) is 19.7 Å². The van der Waals surface area contributed by atoms with Gasteiger partial charge >= 0.3 is 6.18 Å². The second kappa shape index (κ2) is 7.04. The van der Waals surface area contributed by atoms with Gasteiger partial charge in [-0.15, -0.1) is 0 Å². The number of amides is 1. The quantitative estimate of drug-likeness (QED) is 0.664. The predicted molar refractivity (Wildman–Crippen MR) is 77.8 cm³/mol. The molecule has 0 aromatic heterocycles. The first-order valence-corrected chi connectivity index (χ1v) is 7.20. The minimum atomic E-state index is -4.55. The van der Waals surface area contributed by atoms with Crippen molar-refractivity contribution >= 4 is 11.6 Å². The summed E-state index contributed by atoms with van der Waals surface area (Å²) in [7, 11) is 0. The molecule has 0 radical (unpaired) electrons. The maximum absolute atomic E-state index is 12.5. The largest absolute Gasteiger partial charge is 0.484 e. The maximum atomic E-state index is 12.5. The molecule has 1 amide bonds. The van der Waals surface area contributed by atoms with Gasteiger partial charge in [0.25, 0.3) is 11.6 Å². The molecule has 0 aliphatic carbocycles. The van der Waals surface area contributed by atoms with Crippen molar-refractivity contribution in [1.29, 1.82) is 0 Å². The standard InChI is InChI=1S/C14H16F3N3O4/c15-14(16,17)8-24-10-1-2-12(20(22)23)11(7-10)13(21)19-5-3-9(18)4-6-19/h1-2,7,9H,3-6,8,18H2. The highest BCUT2D eigenvalue weighted by molar-refractivity contribution is 5.98. The first-order chi connectivity index (χ1) is 11.2. The zero-order valence-corrected chi connectivity index (χ0v) is 12.6. The summed E-state index contributed by atoms with van der Waals surface area (Å²) < 4.78 is 41.2. The summed E-state index contributed by atoms with van der Waals surface area (Å²) in [6.07, 6.45) is -3.43. The molecule has 1 aliphatic rings. The van der Waals surface area contributed by atoms with Crippen LogP contribution in [0.2, 0.25) is 0 Å². The zero-order chi connectivity index (χ0) is 17.9. The molecule has 7 nitrogen and oxygen atoms in total. The van der Waals surface area contributed by atoms with Crippen LogP contribution in [0.3, 0.4) is 0 Å². The molecule has 1 saturated heterocycles. The van der Waals surface area contributed by atoms with Crippen LogP contribution in [0.1, 0.15) is 23.2 Å². The van der Waals surface area contributed by atoms with E-state index in [4.69, 9.17) is 5.73 Å². The third-order valence-electron chi connectivity index (χ3n) is 3.62. The summed E-state index contributed by atoms with van der Waals surface area (Å²) >= 11 is 0. The number of likely N-dealkylation sites (tertiary alicyclic amines) is 1. The van der Waals surface area contributed by atoms with Gasteiger partial charge in [-0.05, 0) is 25.0 Å². The van der Waals surface area contributed by atoms with Gasteiger partial charge in [-0.1, -0.05) is 0 Å². The van der Waals surface area contributed by atoms with Gasteiger partial charge < -0.3 is 15.4 Å². The molecule has 1 fully saturated rings. The highest BCUT2D eigenvalue weighted by atomic mass is 19.4. The average Bonchev–Trinajstić information content (AvgIpc) is 2.52. The van der Waals surface area contributed by atoms with Gasteiger partial charge in [0, 0.05) is 25.2 Å². The average molecular weight is 347 g/mol.